The zero-order valence-corrected chi connectivity index (χ0v) is 14.2. The van der Waals surface area contributed by atoms with E-state index in [2.05, 4.69) is 9.97 Å². The Kier molecular flexibility index (Phi) is 3.84. The van der Waals surface area contributed by atoms with E-state index in [1.165, 1.54) is 36.3 Å². The molecular weight excluding hydrogens is 330 g/mol. The number of ether oxygens (including phenoxy) is 1. The van der Waals surface area contributed by atoms with Crippen LogP contribution in [0.4, 0.5) is 0 Å². The van der Waals surface area contributed by atoms with E-state index in [1.807, 2.05) is 0 Å². The van der Waals surface area contributed by atoms with E-state index in [1.54, 1.807) is 19.3 Å². The van der Waals surface area contributed by atoms with Crippen LogP contribution in [0.25, 0.3) is 22.0 Å². The number of aryl methyl sites for hydroxylation is 1. The van der Waals surface area contributed by atoms with Crippen LogP contribution in [0.2, 0.25) is 0 Å². The van der Waals surface area contributed by atoms with E-state index >= 15 is 0 Å². The van der Waals surface area contributed by atoms with Crippen LogP contribution in [0.5, 0.6) is 5.75 Å². The third kappa shape index (κ3) is 2.65. The van der Waals surface area contributed by atoms with Crippen molar-refractivity contribution in [1.29, 1.82) is 0 Å². The molecule has 0 spiro atoms. The molecule has 0 saturated heterocycles. The normalized spacial score (nSPS) is 11.6. The number of methoxy groups -OCH3 is 1. The van der Waals surface area contributed by atoms with Crippen LogP contribution in [0.15, 0.2) is 46.6 Å². The van der Waals surface area contributed by atoms with Gasteiger partial charge in [-0.15, -0.1) is 0 Å². The predicted octanol–water partition coefficient (Wildman–Crippen LogP) is 1.41. The molecule has 0 saturated carbocycles. The first-order chi connectivity index (χ1) is 11.3. The summed E-state index contributed by atoms with van der Waals surface area (Å²) in [6.07, 6.45) is 5.54. The molecule has 24 heavy (non-hydrogen) atoms. The first kappa shape index (κ1) is 16.1. The van der Waals surface area contributed by atoms with Crippen LogP contribution in [0, 0.1) is 0 Å². The lowest BCUT2D eigenvalue weighted by Crippen LogP contribution is -2.17. The molecular formula is C16H15N3O4S. The quantitative estimate of drug-likeness (QED) is 0.713. The van der Waals surface area contributed by atoms with Gasteiger partial charge in [-0.3, -0.25) is 4.79 Å². The summed E-state index contributed by atoms with van der Waals surface area (Å²) in [6.45, 7) is 0. The van der Waals surface area contributed by atoms with Crippen molar-refractivity contribution in [2.45, 2.75) is 4.90 Å². The summed E-state index contributed by atoms with van der Waals surface area (Å²) in [6, 6.07) is 4.59. The molecule has 0 fully saturated rings. The molecule has 0 unspecified atom stereocenters. The molecule has 0 aliphatic rings. The van der Waals surface area contributed by atoms with Crippen molar-refractivity contribution in [2.24, 2.45) is 7.05 Å². The van der Waals surface area contributed by atoms with Crippen LogP contribution in [0.3, 0.4) is 0 Å². The molecule has 1 aromatic carbocycles. The summed E-state index contributed by atoms with van der Waals surface area (Å²) in [4.78, 5) is 20.5. The maximum absolute atomic E-state index is 12.2. The summed E-state index contributed by atoms with van der Waals surface area (Å²) < 4.78 is 30.5. The average molecular weight is 345 g/mol. The molecule has 0 N–H and O–H groups in total. The Morgan fingerprint density at radius 3 is 2.62 bits per heavy atom. The van der Waals surface area contributed by atoms with Gasteiger partial charge in [0.2, 0.25) is 0 Å². The Hall–Kier alpha value is -2.74. The first-order valence-electron chi connectivity index (χ1n) is 7.00. The fourth-order valence-electron chi connectivity index (χ4n) is 2.53. The van der Waals surface area contributed by atoms with Gasteiger partial charge in [0.15, 0.2) is 9.84 Å². The minimum Gasteiger partial charge on any atom is -0.496 e. The molecule has 2 aromatic heterocycles. The van der Waals surface area contributed by atoms with Gasteiger partial charge in [-0.05, 0) is 18.2 Å². The van der Waals surface area contributed by atoms with Crippen molar-refractivity contribution in [1.82, 2.24) is 14.5 Å². The number of hydrogen-bond acceptors (Lipinski definition) is 6. The van der Waals surface area contributed by atoms with Gasteiger partial charge >= 0.3 is 0 Å². The number of rotatable bonds is 3. The second kappa shape index (κ2) is 5.72. The van der Waals surface area contributed by atoms with E-state index in [0.29, 0.717) is 27.8 Å². The summed E-state index contributed by atoms with van der Waals surface area (Å²) in [5.74, 6) is 0.487. The van der Waals surface area contributed by atoms with Crippen LogP contribution in [-0.2, 0) is 16.9 Å². The zero-order chi connectivity index (χ0) is 17.5. The molecule has 8 heteroatoms. The molecule has 0 aliphatic heterocycles. The average Bonchev–Trinajstić information content (AvgIpc) is 2.57. The van der Waals surface area contributed by atoms with Gasteiger partial charge in [0.05, 0.1) is 22.9 Å². The molecule has 124 valence electrons. The van der Waals surface area contributed by atoms with Gasteiger partial charge in [-0.25, -0.2) is 18.4 Å². The number of aromatic nitrogens is 3. The summed E-state index contributed by atoms with van der Waals surface area (Å²) in [7, 11) is -0.272. The lowest BCUT2D eigenvalue weighted by atomic mass is 10.0. The molecule has 0 amide bonds. The molecule has 3 rings (SSSR count). The summed E-state index contributed by atoms with van der Waals surface area (Å²) in [5, 5.41) is 0.351. The minimum absolute atomic E-state index is 0.161. The predicted molar refractivity (Wildman–Crippen MR) is 89.9 cm³/mol. The second-order valence-electron chi connectivity index (χ2n) is 5.38. The fraction of sp³-hybridized carbons (Fsp3) is 0.188. The van der Waals surface area contributed by atoms with Gasteiger partial charge in [0, 0.05) is 36.8 Å². The summed E-state index contributed by atoms with van der Waals surface area (Å²) >= 11 is 0. The van der Waals surface area contributed by atoms with Gasteiger partial charge in [0.1, 0.15) is 12.1 Å². The standard InChI is InChI=1S/C16H15N3O4S/c1-19-8-13(15-12(16(19)20)7-17-9-18-15)11-6-10(24(3,21)22)4-5-14(11)23-2/h4-9H,1-3H3. The van der Waals surface area contributed by atoms with E-state index < -0.39 is 9.84 Å². The third-order valence-corrected chi connectivity index (χ3v) is 4.84. The van der Waals surface area contributed by atoms with Crippen molar-refractivity contribution in [3.63, 3.8) is 0 Å². The lowest BCUT2D eigenvalue weighted by Gasteiger charge is -2.13. The number of pyridine rings is 1. The highest BCUT2D eigenvalue weighted by Crippen LogP contribution is 2.34. The van der Waals surface area contributed by atoms with Crippen molar-refractivity contribution >= 4 is 20.7 Å². The van der Waals surface area contributed by atoms with Crippen LogP contribution in [0.1, 0.15) is 0 Å². The fourth-order valence-corrected chi connectivity index (χ4v) is 3.18. The zero-order valence-electron chi connectivity index (χ0n) is 13.3. The highest BCUT2D eigenvalue weighted by Gasteiger charge is 2.17. The van der Waals surface area contributed by atoms with Gasteiger partial charge in [-0.2, -0.15) is 0 Å². The molecule has 0 radical (unpaired) electrons. The number of hydrogen-bond donors (Lipinski definition) is 0. The monoisotopic (exact) mass is 345 g/mol. The molecule has 7 nitrogen and oxygen atoms in total. The van der Waals surface area contributed by atoms with Crippen LogP contribution >= 0.6 is 0 Å². The lowest BCUT2D eigenvalue weighted by molar-refractivity contribution is 0.416. The molecule has 0 bridgehead atoms. The highest BCUT2D eigenvalue weighted by atomic mass is 32.2. The Morgan fingerprint density at radius 1 is 1.21 bits per heavy atom. The molecule has 0 atom stereocenters. The second-order valence-corrected chi connectivity index (χ2v) is 7.39. The molecule has 2 heterocycles. The number of nitrogens with zero attached hydrogens (tertiary/aromatic N) is 3. The van der Waals surface area contributed by atoms with Crippen molar-refractivity contribution < 1.29 is 13.2 Å². The highest BCUT2D eigenvalue weighted by molar-refractivity contribution is 7.90. The number of sulfone groups is 1. The van der Waals surface area contributed by atoms with Crippen LogP contribution < -0.4 is 10.3 Å². The number of fused-ring (bicyclic) bond motifs is 1. The molecule has 0 aliphatic carbocycles. The van der Waals surface area contributed by atoms with Gasteiger partial charge in [0.25, 0.3) is 5.56 Å². The topological polar surface area (TPSA) is 91.2 Å². The Morgan fingerprint density at radius 2 is 1.96 bits per heavy atom. The Balaban J connectivity index is 2.44. The molecule has 3 aromatic rings. The van der Waals surface area contributed by atoms with E-state index in [-0.39, 0.29) is 10.5 Å². The number of benzene rings is 1. The maximum atomic E-state index is 12.2. The third-order valence-electron chi connectivity index (χ3n) is 3.73. The Bertz CT molecular complexity index is 1100. The first-order valence-corrected chi connectivity index (χ1v) is 8.90. The Labute approximate surface area is 138 Å². The van der Waals surface area contributed by atoms with Crippen molar-refractivity contribution in [3.8, 4) is 16.9 Å². The largest absolute Gasteiger partial charge is 0.496 e. The van der Waals surface area contributed by atoms with E-state index in [4.69, 9.17) is 4.74 Å². The van der Waals surface area contributed by atoms with Gasteiger partial charge in [-0.1, -0.05) is 0 Å². The minimum atomic E-state index is -3.39. The van der Waals surface area contributed by atoms with Crippen molar-refractivity contribution in [2.75, 3.05) is 13.4 Å². The maximum Gasteiger partial charge on any atom is 0.261 e. The summed E-state index contributed by atoms with van der Waals surface area (Å²) in [5.41, 5.74) is 1.35. The van der Waals surface area contributed by atoms with Gasteiger partial charge < -0.3 is 9.30 Å². The smallest absolute Gasteiger partial charge is 0.261 e. The van der Waals surface area contributed by atoms with Crippen molar-refractivity contribution in [3.05, 3.63) is 47.3 Å². The van der Waals surface area contributed by atoms with E-state index in [9.17, 15) is 13.2 Å². The van der Waals surface area contributed by atoms with E-state index in [0.717, 1.165) is 6.26 Å². The van der Waals surface area contributed by atoms with Crippen LogP contribution in [-0.4, -0.2) is 36.3 Å². The SMILES string of the molecule is COc1ccc(S(C)(=O)=O)cc1-c1cn(C)c(=O)c2cncnc12.